The lowest BCUT2D eigenvalue weighted by atomic mass is 9.97. The molecule has 1 aromatic carbocycles. The van der Waals surface area contributed by atoms with Crippen LogP contribution in [-0.2, 0) is 9.53 Å². The van der Waals surface area contributed by atoms with Gasteiger partial charge in [0.25, 0.3) is 0 Å². The highest BCUT2D eigenvalue weighted by Crippen LogP contribution is 2.14. The molecule has 0 bridgehead atoms. The summed E-state index contributed by atoms with van der Waals surface area (Å²) in [5.74, 6) is -0.264. The van der Waals surface area contributed by atoms with E-state index >= 15 is 0 Å². The lowest BCUT2D eigenvalue weighted by Gasteiger charge is -2.16. The molecule has 20 heavy (non-hydrogen) atoms. The summed E-state index contributed by atoms with van der Waals surface area (Å²) < 4.78 is 4.62. The number of ketones is 1. The predicted molar refractivity (Wildman–Crippen MR) is 79.0 cm³/mol. The van der Waals surface area contributed by atoms with Gasteiger partial charge in [-0.2, -0.15) is 0 Å². The number of benzene rings is 1. The predicted octanol–water partition coefficient (Wildman–Crippen LogP) is 2.42. The largest absolute Gasteiger partial charge is 0.469 e. The Bertz CT molecular complexity index is 483. The monoisotopic (exact) mass is 277 g/mol. The summed E-state index contributed by atoms with van der Waals surface area (Å²) in [6.07, 6.45) is 0.691. The Morgan fingerprint density at radius 3 is 2.50 bits per heavy atom. The Balaban J connectivity index is 2.81. The van der Waals surface area contributed by atoms with E-state index in [4.69, 9.17) is 0 Å². The molecule has 0 aliphatic heterocycles. The van der Waals surface area contributed by atoms with Crippen molar-refractivity contribution in [2.45, 2.75) is 39.7 Å². The van der Waals surface area contributed by atoms with Crippen molar-refractivity contribution in [2.24, 2.45) is 0 Å². The molecule has 0 aliphatic rings. The molecular weight excluding hydrogens is 254 g/mol. The summed E-state index contributed by atoms with van der Waals surface area (Å²) in [6, 6.07) is 5.35. The van der Waals surface area contributed by atoms with Gasteiger partial charge < -0.3 is 10.1 Å². The molecule has 4 nitrogen and oxygen atoms in total. The number of rotatable bonds is 7. The third-order valence-corrected chi connectivity index (χ3v) is 3.42. The van der Waals surface area contributed by atoms with Crippen LogP contribution < -0.4 is 5.32 Å². The number of aryl methyl sites for hydroxylation is 2. The fraction of sp³-hybridized carbons (Fsp3) is 0.500. The van der Waals surface area contributed by atoms with Gasteiger partial charge in [0.05, 0.1) is 13.2 Å². The lowest BCUT2D eigenvalue weighted by molar-refractivity contribution is -0.140. The van der Waals surface area contributed by atoms with Crippen molar-refractivity contribution in [3.63, 3.8) is 0 Å². The normalized spacial score (nSPS) is 12.0. The van der Waals surface area contributed by atoms with E-state index in [0.717, 1.165) is 11.1 Å². The number of esters is 1. The molecule has 0 heterocycles. The van der Waals surface area contributed by atoms with Crippen molar-refractivity contribution in [2.75, 3.05) is 13.7 Å². The van der Waals surface area contributed by atoms with Gasteiger partial charge in [0.15, 0.2) is 5.78 Å². The van der Waals surface area contributed by atoms with Gasteiger partial charge in [-0.15, -0.1) is 0 Å². The van der Waals surface area contributed by atoms with E-state index in [1.54, 1.807) is 0 Å². The van der Waals surface area contributed by atoms with Crippen LogP contribution in [0.25, 0.3) is 0 Å². The highest BCUT2D eigenvalue weighted by molar-refractivity contribution is 6.00. The van der Waals surface area contributed by atoms with Gasteiger partial charge in [0.2, 0.25) is 0 Å². The van der Waals surface area contributed by atoms with Crippen LogP contribution in [0.4, 0.5) is 0 Å². The van der Waals surface area contributed by atoms with E-state index in [2.05, 4.69) is 10.1 Å². The summed E-state index contributed by atoms with van der Waals surface area (Å²) >= 11 is 0. The van der Waals surface area contributed by atoms with Crippen LogP contribution in [0, 0.1) is 13.8 Å². The first kappa shape index (κ1) is 16.4. The SMILES string of the molecule is CCNC(CCC(=O)OC)C(=O)c1ccc(C)c(C)c1. The molecule has 1 atom stereocenters. The van der Waals surface area contributed by atoms with E-state index in [1.165, 1.54) is 7.11 Å². The standard InChI is InChI=1S/C16H23NO3/c1-5-17-14(8-9-15(18)20-4)16(19)13-7-6-11(2)12(3)10-13/h6-7,10,14,17H,5,8-9H2,1-4H3. The molecular formula is C16H23NO3. The van der Waals surface area contributed by atoms with Gasteiger partial charge in [-0.3, -0.25) is 9.59 Å². The van der Waals surface area contributed by atoms with Gasteiger partial charge >= 0.3 is 5.97 Å². The topological polar surface area (TPSA) is 55.4 Å². The maximum Gasteiger partial charge on any atom is 0.305 e. The molecule has 0 radical (unpaired) electrons. The minimum Gasteiger partial charge on any atom is -0.469 e. The molecule has 0 saturated carbocycles. The van der Waals surface area contributed by atoms with Crippen molar-refractivity contribution >= 4 is 11.8 Å². The zero-order valence-corrected chi connectivity index (χ0v) is 12.7. The minimum atomic E-state index is -0.346. The van der Waals surface area contributed by atoms with Crippen LogP contribution in [0.3, 0.4) is 0 Å². The van der Waals surface area contributed by atoms with Crippen LogP contribution in [0.2, 0.25) is 0 Å². The highest BCUT2D eigenvalue weighted by atomic mass is 16.5. The number of nitrogens with one attached hydrogen (secondary N) is 1. The van der Waals surface area contributed by atoms with Crippen LogP contribution >= 0.6 is 0 Å². The number of Topliss-reactive ketones (excluding diaryl/α,β-unsaturated/α-hetero) is 1. The maximum absolute atomic E-state index is 12.5. The Morgan fingerprint density at radius 2 is 1.95 bits per heavy atom. The second-order valence-electron chi connectivity index (χ2n) is 4.89. The Hall–Kier alpha value is -1.68. The second-order valence-corrected chi connectivity index (χ2v) is 4.89. The Labute approximate surface area is 120 Å². The van der Waals surface area contributed by atoms with Crippen LogP contribution in [0.5, 0.6) is 0 Å². The minimum absolute atomic E-state index is 0.0267. The molecule has 110 valence electrons. The smallest absolute Gasteiger partial charge is 0.305 e. The molecule has 1 aromatic rings. The van der Waals surface area contributed by atoms with Crippen molar-refractivity contribution in [3.8, 4) is 0 Å². The number of methoxy groups -OCH3 is 1. The average Bonchev–Trinajstić information content (AvgIpc) is 2.45. The van der Waals surface area contributed by atoms with Crippen molar-refractivity contribution < 1.29 is 14.3 Å². The Kier molecular flexibility index (Phi) is 6.39. The quantitative estimate of drug-likeness (QED) is 0.614. The third kappa shape index (κ3) is 4.46. The zero-order valence-electron chi connectivity index (χ0n) is 12.7. The molecule has 0 saturated heterocycles. The van der Waals surface area contributed by atoms with Gasteiger partial charge in [0, 0.05) is 12.0 Å². The molecule has 0 aromatic heterocycles. The van der Waals surface area contributed by atoms with E-state index in [0.29, 0.717) is 18.5 Å². The maximum atomic E-state index is 12.5. The van der Waals surface area contributed by atoms with E-state index in [9.17, 15) is 9.59 Å². The number of hydrogen-bond acceptors (Lipinski definition) is 4. The lowest BCUT2D eigenvalue weighted by Crippen LogP contribution is -2.37. The fourth-order valence-electron chi connectivity index (χ4n) is 2.03. The first-order chi connectivity index (χ1) is 9.49. The first-order valence-corrected chi connectivity index (χ1v) is 6.91. The molecule has 4 heteroatoms. The number of carbonyl (C=O) groups excluding carboxylic acids is 2. The zero-order chi connectivity index (χ0) is 15.1. The van der Waals surface area contributed by atoms with Crippen molar-refractivity contribution in [3.05, 3.63) is 34.9 Å². The van der Waals surface area contributed by atoms with Crippen LogP contribution in [0.1, 0.15) is 41.3 Å². The molecule has 1 rings (SSSR count). The fourth-order valence-corrected chi connectivity index (χ4v) is 2.03. The molecule has 0 fully saturated rings. The van der Waals surface area contributed by atoms with E-state index in [1.807, 2.05) is 39.0 Å². The molecule has 0 amide bonds. The first-order valence-electron chi connectivity index (χ1n) is 6.91. The molecule has 1 unspecified atom stereocenters. The summed E-state index contributed by atoms with van der Waals surface area (Å²) in [7, 11) is 1.36. The number of ether oxygens (including phenoxy) is 1. The number of likely N-dealkylation sites (N-methyl/N-ethyl adjacent to an activating group) is 1. The van der Waals surface area contributed by atoms with Gasteiger partial charge in [-0.1, -0.05) is 19.1 Å². The number of carbonyl (C=O) groups is 2. The molecule has 1 N–H and O–H groups in total. The number of hydrogen-bond donors (Lipinski definition) is 1. The van der Waals surface area contributed by atoms with Gasteiger partial charge in [-0.05, 0) is 44.0 Å². The molecule has 0 aliphatic carbocycles. The Morgan fingerprint density at radius 1 is 1.25 bits per heavy atom. The van der Waals surface area contributed by atoms with Crippen LogP contribution in [0.15, 0.2) is 18.2 Å². The summed E-state index contributed by atoms with van der Waals surface area (Å²) in [5, 5.41) is 3.14. The average molecular weight is 277 g/mol. The molecule has 0 spiro atoms. The van der Waals surface area contributed by atoms with Gasteiger partial charge in [0.1, 0.15) is 0 Å². The summed E-state index contributed by atoms with van der Waals surface area (Å²) in [5.41, 5.74) is 2.94. The van der Waals surface area contributed by atoms with Crippen molar-refractivity contribution in [1.29, 1.82) is 0 Å². The van der Waals surface area contributed by atoms with E-state index in [-0.39, 0.29) is 24.2 Å². The second kappa shape index (κ2) is 7.80. The summed E-state index contributed by atoms with van der Waals surface area (Å²) in [4.78, 5) is 23.7. The van der Waals surface area contributed by atoms with Gasteiger partial charge in [-0.25, -0.2) is 0 Å². The highest BCUT2D eigenvalue weighted by Gasteiger charge is 2.20. The third-order valence-electron chi connectivity index (χ3n) is 3.42. The summed E-state index contributed by atoms with van der Waals surface area (Å²) in [6.45, 7) is 6.63. The van der Waals surface area contributed by atoms with Crippen molar-refractivity contribution in [1.82, 2.24) is 5.32 Å². The van der Waals surface area contributed by atoms with Crippen LogP contribution in [-0.4, -0.2) is 31.4 Å². The van der Waals surface area contributed by atoms with E-state index < -0.39 is 0 Å².